The Hall–Kier alpha value is -2.22. The van der Waals surface area contributed by atoms with E-state index in [1.165, 1.54) is 0 Å². The zero-order valence-corrected chi connectivity index (χ0v) is 19.5. The molecule has 31 heavy (non-hydrogen) atoms. The van der Waals surface area contributed by atoms with Crippen molar-refractivity contribution in [2.75, 3.05) is 31.5 Å². The van der Waals surface area contributed by atoms with Crippen LogP contribution in [0, 0.1) is 19.8 Å². The second-order valence-corrected chi connectivity index (χ2v) is 10.2. The Bertz CT molecular complexity index is 1000. The fraction of sp³-hybridized carbons (Fsp3) is 0.458. The van der Waals surface area contributed by atoms with E-state index in [4.69, 9.17) is 0 Å². The van der Waals surface area contributed by atoms with Crippen molar-refractivity contribution in [3.63, 3.8) is 0 Å². The number of nitrogens with zero attached hydrogens (tertiary/aromatic N) is 1. The van der Waals surface area contributed by atoms with Gasteiger partial charge in [0.2, 0.25) is 15.9 Å². The average Bonchev–Trinajstić information content (AvgIpc) is 2.74. The highest BCUT2D eigenvalue weighted by Crippen LogP contribution is 2.22. The van der Waals surface area contributed by atoms with Crippen molar-refractivity contribution in [1.82, 2.24) is 9.62 Å². The van der Waals surface area contributed by atoms with E-state index in [0.717, 1.165) is 48.2 Å². The minimum absolute atomic E-state index is 0.0233. The Morgan fingerprint density at radius 1 is 1.13 bits per heavy atom. The third kappa shape index (κ3) is 6.38. The van der Waals surface area contributed by atoms with Crippen LogP contribution < -0.4 is 10.0 Å². The summed E-state index contributed by atoms with van der Waals surface area (Å²) in [6.07, 6.45) is 2.77. The first kappa shape index (κ1) is 23.4. The quantitative estimate of drug-likeness (QED) is 0.655. The number of sulfonamides is 1. The van der Waals surface area contributed by atoms with E-state index in [1.807, 2.05) is 32.0 Å². The fourth-order valence-electron chi connectivity index (χ4n) is 4.07. The van der Waals surface area contributed by atoms with Crippen LogP contribution in [-0.4, -0.2) is 45.4 Å². The van der Waals surface area contributed by atoms with Gasteiger partial charge in [0.25, 0.3) is 0 Å². The summed E-state index contributed by atoms with van der Waals surface area (Å²) in [5.74, 6) is 0.163. The molecule has 2 N–H and O–H groups in total. The summed E-state index contributed by atoms with van der Waals surface area (Å²) < 4.78 is 27.8. The predicted octanol–water partition coefficient (Wildman–Crippen LogP) is 3.49. The number of piperidine rings is 1. The molecule has 0 aliphatic carbocycles. The normalized spacial score (nSPS) is 17.5. The van der Waals surface area contributed by atoms with Gasteiger partial charge in [0, 0.05) is 18.8 Å². The van der Waals surface area contributed by atoms with Crippen LogP contribution in [-0.2, 0) is 21.2 Å². The first-order valence-corrected chi connectivity index (χ1v) is 12.4. The number of benzene rings is 2. The van der Waals surface area contributed by atoms with E-state index in [-0.39, 0.29) is 16.7 Å². The summed E-state index contributed by atoms with van der Waals surface area (Å²) in [5, 5.41) is 3.08. The number of carbonyl (C=O) groups is 1. The number of likely N-dealkylation sites (tertiary alicyclic amines) is 1. The molecule has 1 saturated heterocycles. The SMILES string of the molecule is CCc1cccc(C)c1NC(=O)CN1CCCC(CNS(=O)(=O)c2ccc(C)cc2)C1. The van der Waals surface area contributed by atoms with Gasteiger partial charge >= 0.3 is 0 Å². The highest BCUT2D eigenvalue weighted by atomic mass is 32.2. The smallest absolute Gasteiger partial charge is 0.240 e. The number of rotatable bonds is 8. The van der Waals surface area contributed by atoms with Gasteiger partial charge in [0.1, 0.15) is 0 Å². The van der Waals surface area contributed by atoms with Crippen molar-refractivity contribution < 1.29 is 13.2 Å². The van der Waals surface area contributed by atoms with Crippen LogP contribution in [0.2, 0.25) is 0 Å². The van der Waals surface area contributed by atoms with Gasteiger partial charge in [-0.25, -0.2) is 13.1 Å². The summed E-state index contributed by atoms with van der Waals surface area (Å²) in [4.78, 5) is 15.1. The number of hydrogen-bond donors (Lipinski definition) is 2. The summed E-state index contributed by atoms with van der Waals surface area (Å²) in [6.45, 7) is 8.27. The maximum absolute atomic E-state index is 12.7. The maximum atomic E-state index is 12.7. The molecule has 1 fully saturated rings. The molecule has 6 nitrogen and oxygen atoms in total. The van der Waals surface area contributed by atoms with Crippen LogP contribution in [0.5, 0.6) is 0 Å². The van der Waals surface area contributed by atoms with Crippen LogP contribution in [0.3, 0.4) is 0 Å². The first-order chi connectivity index (χ1) is 14.8. The third-order valence-electron chi connectivity index (χ3n) is 5.87. The molecule has 1 amide bonds. The van der Waals surface area contributed by atoms with Crippen molar-refractivity contribution in [2.45, 2.75) is 44.9 Å². The van der Waals surface area contributed by atoms with Crippen LogP contribution >= 0.6 is 0 Å². The number of aryl methyl sites for hydroxylation is 3. The van der Waals surface area contributed by atoms with Crippen LogP contribution in [0.4, 0.5) is 5.69 Å². The summed E-state index contributed by atoms with van der Waals surface area (Å²) >= 11 is 0. The standard InChI is InChI=1S/C24H33N3O3S/c1-4-21-9-5-7-19(3)24(21)26-23(28)17-27-14-6-8-20(16-27)15-25-31(29,30)22-12-10-18(2)11-13-22/h5,7,9-13,20,25H,4,6,8,14-17H2,1-3H3,(H,26,28). The number of hydrogen-bond acceptors (Lipinski definition) is 4. The van der Waals surface area contributed by atoms with Crippen molar-refractivity contribution in [2.24, 2.45) is 5.92 Å². The Labute approximate surface area is 186 Å². The Morgan fingerprint density at radius 3 is 2.58 bits per heavy atom. The molecule has 1 heterocycles. The second kappa shape index (κ2) is 10.4. The van der Waals surface area contributed by atoms with E-state index in [1.54, 1.807) is 24.3 Å². The monoisotopic (exact) mass is 443 g/mol. The molecule has 0 bridgehead atoms. The van der Waals surface area contributed by atoms with Crippen LogP contribution in [0.25, 0.3) is 0 Å². The molecular formula is C24H33N3O3S. The lowest BCUT2D eigenvalue weighted by Crippen LogP contribution is -2.44. The molecule has 0 radical (unpaired) electrons. The fourth-order valence-corrected chi connectivity index (χ4v) is 5.19. The minimum Gasteiger partial charge on any atom is -0.324 e. The van der Waals surface area contributed by atoms with Gasteiger partial charge in [-0.15, -0.1) is 0 Å². The predicted molar refractivity (Wildman–Crippen MR) is 125 cm³/mol. The summed E-state index contributed by atoms with van der Waals surface area (Å²) in [6, 6.07) is 12.9. The largest absolute Gasteiger partial charge is 0.324 e. The molecule has 7 heteroatoms. The lowest BCUT2D eigenvalue weighted by atomic mass is 9.98. The van der Waals surface area contributed by atoms with E-state index < -0.39 is 10.0 Å². The van der Waals surface area contributed by atoms with Gasteiger partial charge in [-0.1, -0.05) is 42.8 Å². The van der Waals surface area contributed by atoms with Crippen molar-refractivity contribution in [3.05, 3.63) is 59.2 Å². The minimum atomic E-state index is -3.52. The lowest BCUT2D eigenvalue weighted by molar-refractivity contribution is -0.117. The molecule has 1 atom stereocenters. The third-order valence-corrected chi connectivity index (χ3v) is 7.31. The molecule has 168 valence electrons. The highest BCUT2D eigenvalue weighted by Gasteiger charge is 2.24. The number of para-hydroxylation sites is 1. The molecular weight excluding hydrogens is 410 g/mol. The van der Waals surface area contributed by atoms with Gasteiger partial charge in [0.15, 0.2) is 0 Å². The molecule has 2 aromatic rings. The Balaban J connectivity index is 1.53. The molecule has 3 rings (SSSR count). The lowest BCUT2D eigenvalue weighted by Gasteiger charge is -2.32. The van der Waals surface area contributed by atoms with Gasteiger partial charge in [0.05, 0.1) is 11.4 Å². The molecule has 0 saturated carbocycles. The molecule has 0 spiro atoms. The zero-order chi connectivity index (χ0) is 22.4. The highest BCUT2D eigenvalue weighted by molar-refractivity contribution is 7.89. The number of carbonyl (C=O) groups excluding carboxylic acids is 1. The van der Waals surface area contributed by atoms with Crippen molar-refractivity contribution in [3.8, 4) is 0 Å². The number of amides is 1. The molecule has 1 aliphatic rings. The van der Waals surface area contributed by atoms with E-state index in [2.05, 4.69) is 21.9 Å². The topological polar surface area (TPSA) is 78.5 Å². The van der Waals surface area contributed by atoms with Gasteiger partial charge in [-0.2, -0.15) is 0 Å². The van der Waals surface area contributed by atoms with Crippen molar-refractivity contribution in [1.29, 1.82) is 0 Å². The zero-order valence-electron chi connectivity index (χ0n) is 18.6. The molecule has 1 unspecified atom stereocenters. The average molecular weight is 444 g/mol. The summed E-state index contributed by atoms with van der Waals surface area (Å²) in [5.41, 5.74) is 4.14. The van der Waals surface area contributed by atoms with Crippen molar-refractivity contribution >= 4 is 21.6 Å². The number of nitrogens with one attached hydrogen (secondary N) is 2. The van der Waals surface area contributed by atoms with E-state index >= 15 is 0 Å². The Morgan fingerprint density at radius 2 is 1.87 bits per heavy atom. The Kier molecular flexibility index (Phi) is 7.86. The first-order valence-electron chi connectivity index (χ1n) is 11.0. The second-order valence-electron chi connectivity index (χ2n) is 8.42. The van der Waals surface area contributed by atoms with E-state index in [0.29, 0.717) is 19.6 Å². The van der Waals surface area contributed by atoms with Gasteiger partial charge in [-0.3, -0.25) is 9.69 Å². The molecule has 2 aromatic carbocycles. The van der Waals surface area contributed by atoms with Gasteiger partial charge < -0.3 is 5.32 Å². The molecule has 0 aromatic heterocycles. The molecule has 1 aliphatic heterocycles. The van der Waals surface area contributed by atoms with Crippen LogP contribution in [0.15, 0.2) is 47.4 Å². The maximum Gasteiger partial charge on any atom is 0.240 e. The number of anilines is 1. The summed E-state index contributed by atoms with van der Waals surface area (Å²) in [7, 11) is -3.52. The van der Waals surface area contributed by atoms with Crippen LogP contribution in [0.1, 0.15) is 36.5 Å². The van der Waals surface area contributed by atoms with E-state index in [9.17, 15) is 13.2 Å². The van der Waals surface area contributed by atoms with Gasteiger partial charge in [-0.05, 0) is 68.8 Å².